The van der Waals surface area contributed by atoms with Gasteiger partial charge in [-0.05, 0) is 37.0 Å². The Bertz CT molecular complexity index is 421. The molecule has 0 heterocycles. The Morgan fingerprint density at radius 2 is 1.90 bits per heavy atom. The fourth-order valence-electron chi connectivity index (χ4n) is 2.43. The number of rotatable bonds is 7. The quantitative estimate of drug-likeness (QED) is 0.807. The summed E-state index contributed by atoms with van der Waals surface area (Å²) >= 11 is 0. The number of hydrogen-bond donors (Lipinski definition) is 2. The highest BCUT2D eigenvalue weighted by atomic mass is 19.1. The van der Waals surface area contributed by atoms with E-state index in [4.69, 9.17) is 5.11 Å². The van der Waals surface area contributed by atoms with Gasteiger partial charge in [-0.2, -0.15) is 0 Å². The number of aliphatic hydroxyl groups is 1. The number of anilines is 1. The van der Waals surface area contributed by atoms with Crippen LogP contribution in [0.1, 0.15) is 38.8 Å². The van der Waals surface area contributed by atoms with Gasteiger partial charge in [0.15, 0.2) is 0 Å². The maximum Gasteiger partial charge on any atom is 0.125 e. The van der Waals surface area contributed by atoms with Gasteiger partial charge in [-0.3, -0.25) is 0 Å². The van der Waals surface area contributed by atoms with Gasteiger partial charge in [-0.25, -0.2) is 4.39 Å². The fourth-order valence-corrected chi connectivity index (χ4v) is 2.43. The summed E-state index contributed by atoms with van der Waals surface area (Å²) in [5.41, 5.74) is 1.96. The molecule has 3 nitrogen and oxygen atoms in total. The molecular weight excluding hydrogens is 255 g/mol. The van der Waals surface area contributed by atoms with Gasteiger partial charge in [0, 0.05) is 38.5 Å². The Balaban J connectivity index is 2.93. The SMILES string of the molecule is CC(NC(CCO)C(C)C)c1ccc(F)cc1N(C)C. The first-order valence-corrected chi connectivity index (χ1v) is 7.20. The molecule has 0 saturated carbocycles. The first-order chi connectivity index (χ1) is 9.36. The standard InChI is InChI=1S/C16H27FN2O/c1-11(2)15(8-9-20)18-12(3)14-7-6-13(17)10-16(14)19(4)5/h6-7,10-12,15,18,20H,8-9H2,1-5H3. The zero-order chi connectivity index (χ0) is 15.3. The molecule has 0 fully saturated rings. The average molecular weight is 282 g/mol. The van der Waals surface area contributed by atoms with Crippen LogP contribution in [0.2, 0.25) is 0 Å². The van der Waals surface area contributed by atoms with E-state index in [9.17, 15) is 4.39 Å². The fraction of sp³-hybridized carbons (Fsp3) is 0.625. The van der Waals surface area contributed by atoms with Crippen molar-refractivity contribution in [2.75, 3.05) is 25.6 Å². The summed E-state index contributed by atoms with van der Waals surface area (Å²) in [5.74, 6) is 0.216. The summed E-state index contributed by atoms with van der Waals surface area (Å²) in [6.45, 7) is 6.52. The first kappa shape index (κ1) is 16.9. The van der Waals surface area contributed by atoms with E-state index in [0.29, 0.717) is 5.92 Å². The van der Waals surface area contributed by atoms with E-state index in [0.717, 1.165) is 17.7 Å². The minimum Gasteiger partial charge on any atom is -0.396 e. The van der Waals surface area contributed by atoms with Crippen molar-refractivity contribution in [3.05, 3.63) is 29.6 Å². The van der Waals surface area contributed by atoms with Crippen LogP contribution >= 0.6 is 0 Å². The summed E-state index contributed by atoms with van der Waals surface area (Å²) < 4.78 is 13.4. The molecule has 0 spiro atoms. The second-order valence-electron chi connectivity index (χ2n) is 5.85. The highest BCUT2D eigenvalue weighted by molar-refractivity contribution is 5.54. The van der Waals surface area contributed by atoms with Crippen LogP contribution in [0.15, 0.2) is 18.2 Å². The summed E-state index contributed by atoms with van der Waals surface area (Å²) in [6, 6.07) is 5.24. The van der Waals surface area contributed by atoms with Crippen molar-refractivity contribution in [1.29, 1.82) is 0 Å². The van der Waals surface area contributed by atoms with Gasteiger partial charge >= 0.3 is 0 Å². The lowest BCUT2D eigenvalue weighted by Gasteiger charge is -2.28. The van der Waals surface area contributed by atoms with Gasteiger partial charge in [-0.1, -0.05) is 19.9 Å². The summed E-state index contributed by atoms with van der Waals surface area (Å²) in [6.07, 6.45) is 0.723. The molecule has 1 aromatic rings. The van der Waals surface area contributed by atoms with Crippen molar-refractivity contribution in [3.63, 3.8) is 0 Å². The van der Waals surface area contributed by atoms with Crippen molar-refractivity contribution in [1.82, 2.24) is 5.32 Å². The number of nitrogens with zero attached hydrogens (tertiary/aromatic N) is 1. The summed E-state index contributed by atoms with van der Waals surface area (Å²) in [7, 11) is 3.83. The molecule has 114 valence electrons. The van der Waals surface area contributed by atoms with E-state index in [1.165, 1.54) is 6.07 Å². The highest BCUT2D eigenvalue weighted by Gasteiger charge is 2.19. The molecule has 0 radical (unpaired) electrons. The normalized spacial score (nSPS) is 14.4. The van der Waals surface area contributed by atoms with Gasteiger partial charge in [0.25, 0.3) is 0 Å². The zero-order valence-corrected chi connectivity index (χ0v) is 13.2. The molecular formula is C16H27FN2O. The number of hydrogen-bond acceptors (Lipinski definition) is 3. The minimum absolute atomic E-state index is 0.104. The van der Waals surface area contributed by atoms with Crippen molar-refractivity contribution < 1.29 is 9.50 Å². The Morgan fingerprint density at radius 3 is 2.40 bits per heavy atom. The lowest BCUT2D eigenvalue weighted by atomic mass is 9.98. The maximum absolute atomic E-state index is 13.4. The smallest absolute Gasteiger partial charge is 0.125 e. The molecule has 1 aromatic carbocycles. The molecule has 0 aliphatic heterocycles. The van der Waals surface area contributed by atoms with Crippen LogP contribution < -0.4 is 10.2 Å². The Labute approximate surface area is 121 Å². The molecule has 4 heteroatoms. The van der Waals surface area contributed by atoms with Crippen LogP contribution in [-0.4, -0.2) is 31.9 Å². The second-order valence-corrected chi connectivity index (χ2v) is 5.85. The average Bonchev–Trinajstić information content (AvgIpc) is 2.37. The lowest BCUT2D eigenvalue weighted by molar-refractivity contribution is 0.237. The van der Waals surface area contributed by atoms with E-state index in [2.05, 4.69) is 26.1 Å². The molecule has 0 bridgehead atoms. The Hall–Kier alpha value is -1.13. The van der Waals surface area contributed by atoms with E-state index >= 15 is 0 Å². The number of benzene rings is 1. The van der Waals surface area contributed by atoms with Gasteiger partial charge in [-0.15, -0.1) is 0 Å². The molecule has 2 unspecified atom stereocenters. The third kappa shape index (κ3) is 4.46. The van der Waals surface area contributed by atoms with Gasteiger partial charge < -0.3 is 15.3 Å². The van der Waals surface area contributed by atoms with Crippen LogP contribution in [0, 0.1) is 11.7 Å². The third-order valence-corrected chi connectivity index (χ3v) is 3.65. The van der Waals surface area contributed by atoms with Gasteiger partial charge in [0.1, 0.15) is 5.82 Å². The molecule has 0 amide bonds. The summed E-state index contributed by atoms with van der Waals surface area (Å²) in [5, 5.41) is 12.7. The van der Waals surface area contributed by atoms with Crippen LogP contribution in [0.5, 0.6) is 0 Å². The first-order valence-electron chi connectivity index (χ1n) is 7.20. The van der Waals surface area contributed by atoms with Gasteiger partial charge in [0.05, 0.1) is 0 Å². The van der Waals surface area contributed by atoms with E-state index in [-0.39, 0.29) is 24.5 Å². The highest BCUT2D eigenvalue weighted by Crippen LogP contribution is 2.27. The molecule has 2 atom stereocenters. The van der Waals surface area contributed by atoms with Gasteiger partial charge in [0.2, 0.25) is 0 Å². The van der Waals surface area contributed by atoms with E-state index < -0.39 is 0 Å². The van der Waals surface area contributed by atoms with Crippen molar-refractivity contribution in [2.45, 2.75) is 39.3 Å². The van der Waals surface area contributed by atoms with E-state index in [1.54, 1.807) is 6.07 Å². The van der Waals surface area contributed by atoms with E-state index in [1.807, 2.05) is 25.1 Å². The topological polar surface area (TPSA) is 35.5 Å². The molecule has 20 heavy (non-hydrogen) atoms. The van der Waals surface area contributed by atoms with Crippen molar-refractivity contribution in [3.8, 4) is 0 Å². The van der Waals surface area contributed by atoms with Crippen LogP contribution in [0.4, 0.5) is 10.1 Å². The third-order valence-electron chi connectivity index (χ3n) is 3.65. The molecule has 1 rings (SSSR count). The second kappa shape index (κ2) is 7.60. The van der Waals surface area contributed by atoms with Crippen LogP contribution in [-0.2, 0) is 0 Å². The Kier molecular flexibility index (Phi) is 6.43. The Morgan fingerprint density at radius 1 is 1.25 bits per heavy atom. The predicted octanol–water partition coefficient (Wildman–Crippen LogP) is 2.95. The maximum atomic E-state index is 13.4. The van der Waals surface area contributed by atoms with Crippen molar-refractivity contribution >= 4 is 5.69 Å². The molecule has 0 aliphatic carbocycles. The molecule has 0 saturated heterocycles. The number of halogens is 1. The number of nitrogens with one attached hydrogen (secondary N) is 1. The van der Waals surface area contributed by atoms with Crippen molar-refractivity contribution in [2.24, 2.45) is 5.92 Å². The monoisotopic (exact) mass is 282 g/mol. The molecule has 0 aliphatic rings. The predicted molar refractivity (Wildman–Crippen MR) is 82.6 cm³/mol. The number of aliphatic hydroxyl groups excluding tert-OH is 1. The van der Waals surface area contributed by atoms with Crippen LogP contribution in [0.25, 0.3) is 0 Å². The summed E-state index contributed by atoms with van der Waals surface area (Å²) in [4.78, 5) is 1.92. The minimum atomic E-state index is -0.222. The lowest BCUT2D eigenvalue weighted by Crippen LogP contribution is -2.37. The zero-order valence-electron chi connectivity index (χ0n) is 13.2. The molecule has 2 N–H and O–H groups in total. The van der Waals surface area contributed by atoms with Crippen LogP contribution in [0.3, 0.4) is 0 Å². The molecule has 0 aromatic heterocycles. The largest absolute Gasteiger partial charge is 0.396 e.